The van der Waals surface area contributed by atoms with Crippen molar-refractivity contribution in [1.29, 1.82) is 0 Å². The third-order valence-electron chi connectivity index (χ3n) is 4.06. The average Bonchev–Trinajstić information content (AvgIpc) is 2.67. The molecule has 2 heterocycles. The predicted molar refractivity (Wildman–Crippen MR) is 73.8 cm³/mol. The van der Waals surface area contributed by atoms with E-state index >= 15 is 0 Å². The number of nitrogens with zero attached hydrogens (tertiary/aromatic N) is 1. The first kappa shape index (κ1) is 20.2. The molecule has 7 nitrogen and oxygen atoms in total. The maximum atomic E-state index is 12.1. The Morgan fingerprint density at radius 2 is 1.86 bits per heavy atom. The fourth-order valence-electron chi connectivity index (χ4n) is 3.06. The first-order valence-corrected chi connectivity index (χ1v) is 8.51. The van der Waals surface area contributed by atoms with E-state index in [0.29, 0.717) is 26.1 Å². The summed E-state index contributed by atoms with van der Waals surface area (Å²) in [4.78, 5) is 13.5. The van der Waals surface area contributed by atoms with Gasteiger partial charge >= 0.3 is 35.7 Å². The SMILES string of the molecule is CC(C)(C)OC(=O)N1CC(S(=O)(=O)[O-])C2(CCOCC2)C1.[Na+]. The van der Waals surface area contributed by atoms with Crippen LogP contribution in [0.1, 0.15) is 33.6 Å². The quantitative estimate of drug-likeness (QED) is 0.402. The minimum absolute atomic E-state index is 0. The van der Waals surface area contributed by atoms with E-state index in [1.807, 2.05) is 0 Å². The maximum Gasteiger partial charge on any atom is 1.00 e. The van der Waals surface area contributed by atoms with Crippen LogP contribution in [0.4, 0.5) is 4.79 Å². The normalized spacial score (nSPS) is 24.9. The molecule has 2 rings (SSSR count). The van der Waals surface area contributed by atoms with Gasteiger partial charge in [-0.25, -0.2) is 13.2 Å². The molecule has 0 aliphatic carbocycles. The second kappa shape index (κ2) is 6.94. The molecule has 122 valence electrons. The van der Waals surface area contributed by atoms with Crippen molar-refractivity contribution in [2.75, 3.05) is 26.3 Å². The van der Waals surface area contributed by atoms with Gasteiger partial charge in [-0.15, -0.1) is 0 Å². The molecule has 0 aromatic rings. The molecular formula is C13H22NNaO6S. The Kier molecular flexibility index (Phi) is 6.37. The zero-order chi connectivity index (χ0) is 15.9. The van der Waals surface area contributed by atoms with Crippen LogP contribution in [0.3, 0.4) is 0 Å². The number of hydrogen-bond acceptors (Lipinski definition) is 6. The summed E-state index contributed by atoms with van der Waals surface area (Å²) in [5.41, 5.74) is -1.36. The Balaban J connectivity index is 0.00000242. The van der Waals surface area contributed by atoms with E-state index in [2.05, 4.69) is 0 Å². The van der Waals surface area contributed by atoms with Crippen molar-refractivity contribution in [3.8, 4) is 0 Å². The van der Waals surface area contributed by atoms with Gasteiger partial charge in [-0.2, -0.15) is 0 Å². The van der Waals surface area contributed by atoms with Crippen LogP contribution in [0.2, 0.25) is 0 Å². The van der Waals surface area contributed by atoms with E-state index in [-0.39, 0.29) is 42.6 Å². The Labute approximate surface area is 153 Å². The van der Waals surface area contributed by atoms with Crippen LogP contribution >= 0.6 is 0 Å². The summed E-state index contributed by atoms with van der Waals surface area (Å²) in [6.45, 7) is 6.19. The molecule has 0 saturated carbocycles. The zero-order valence-corrected chi connectivity index (χ0v) is 16.4. The van der Waals surface area contributed by atoms with Crippen LogP contribution in [-0.4, -0.2) is 61.1 Å². The summed E-state index contributed by atoms with van der Waals surface area (Å²) in [7, 11) is -4.48. The third kappa shape index (κ3) is 4.58. The summed E-state index contributed by atoms with van der Waals surface area (Å²) < 4.78 is 45.3. The van der Waals surface area contributed by atoms with Crippen LogP contribution in [0.5, 0.6) is 0 Å². The molecule has 22 heavy (non-hydrogen) atoms. The molecule has 0 aromatic carbocycles. The first-order chi connectivity index (χ1) is 9.54. The molecule has 1 atom stereocenters. The minimum Gasteiger partial charge on any atom is -0.748 e. The van der Waals surface area contributed by atoms with Gasteiger partial charge in [-0.1, -0.05) is 0 Å². The number of carbonyl (C=O) groups excluding carboxylic acids is 1. The summed E-state index contributed by atoms with van der Waals surface area (Å²) >= 11 is 0. The van der Waals surface area contributed by atoms with Gasteiger partial charge < -0.3 is 18.9 Å². The fraction of sp³-hybridized carbons (Fsp3) is 0.923. The molecular weight excluding hydrogens is 321 g/mol. The molecule has 0 bridgehead atoms. The Bertz CT molecular complexity index is 509. The number of rotatable bonds is 1. The largest absolute Gasteiger partial charge is 1.00 e. The molecule has 0 aromatic heterocycles. The van der Waals surface area contributed by atoms with Gasteiger partial charge in [0.05, 0.1) is 15.4 Å². The van der Waals surface area contributed by atoms with Gasteiger partial charge in [0.15, 0.2) is 0 Å². The van der Waals surface area contributed by atoms with Crippen molar-refractivity contribution in [2.24, 2.45) is 5.41 Å². The second-order valence-electron chi connectivity index (χ2n) is 6.82. The van der Waals surface area contributed by atoms with E-state index in [4.69, 9.17) is 9.47 Å². The summed E-state index contributed by atoms with van der Waals surface area (Å²) in [5, 5.41) is -1.08. The van der Waals surface area contributed by atoms with Gasteiger partial charge in [-0.3, -0.25) is 0 Å². The molecule has 1 spiro atoms. The van der Waals surface area contributed by atoms with E-state index in [0.717, 1.165) is 0 Å². The first-order valence-electron chi connectivity index (χ1n) is 7.04. The van der Waals surface area contributed by atoms with E-state index < -0.39 is 32.5 Å². The number of likely N-dealkylation sites (tertiary alicyclic amines) is 1. The van der Waals surface area contributed by atoms with Crippen LogP contribution in [0, 0.1) is 5.41 Å². The number of amides is 1. The maximum absolute atomic E-state index is 12.1. The van der Waals surface area contributed by atoms with Crippen molar-refractivity contribution in [3.63, 3.8) is 0 Å². The molecule has 0 radical (unpaired) electrons. The van der Waals surface area contributed by atoms with Crippen LogP contribution in [0.25, 0.3) is 0 Å². The summed E-state index contributed by atoms with van der Waals surface area (Å²) in [6, 6.07) is 0. The average molecular weight is 343 g/mol. The van der Waals surface area contributed by atoms with Gasteiger partial charge in [0.1, 0.15) is 5.60 Å². The molecule has 2 saturated heterocycles. The number of carbonyl (C=O) groups is 1. The van der Waals surface area contributed by atoms with Crippen molar-refractivity contribution >= 4 is 16.2 Å². The van der Waals surface area contributed by atoms with Gasteiger partial charge in [0.2, 0.25) is 0 Å². The second-order valence-corrected chi connectivity index (χ2v) is 8.37. The van der Waals surface area contributed by atoms with Crippen molar-refractivity contribution in [1.82, 2.24) is 4.90 Å². The Morgan fingerprint density at radius 3 is 2.32 bits per heavy atom. The van der Waals surface area contributed by atoms with Gasteiger partial charge in [0, 0.05) is 31.7 Å². The van der Waals surface area contributed by atoms with Crippen molar-refractivity contribution in [3.05, 3.63) is 0 Å². The summed E-state index contributed by atoms with van der Waals surface area (Å²) in [6.07, 6.45) is 0.371. The fourth-order valence-corrected chi connectivity index (χ4v) is 4.35. The van der Waals surface area contributed by atoms with E-state index in [1.165, 1.54) is 4.90 Å². The van der Waals surface area contributed by atoms with Gasteiger partial charge in [0.25, 0.3) is 0 Å². The third-order valence-corrected chi connectivity index (χ3v) is 5.41. The number of hydrogen-bond donors (Lipinski definition) is 0. The monoisotopic (exact) mass is 343 g/mol. The number of ether oxygens (including phenoxy) is 2. The minimum atomic E-state index is -4.48. The van der Waals surface area contributed by atoms with Crippen LogP contribution < -0.4 is 29.6 Å². The molecule has 9 heteroatoms. The predicted octanol–water partition coefficient (Wildman–Crippen LogP) is -2.05. The van der Waals surface area contributed by atoms with Gasteiger partial charge in [-0.05, 0) is 33.6 Å². The topological polar surface area (TPSA) is 96.0 Å². The Hall–Kier alpha value is 0.140. The van der Waals surface area contributed by atoms with Crippen LogP contribution in [0.15, 0.2) is 0 Å². The van der Waals surface area contributed by atoms with Crippen molar-refractivity contribution < 1.29 is 56.8 Å². The molecule has 1 amide bonds. The summed E-state index contributed by atoms with van der Waals surface area (Å²) in [5.74, 6) is 0. The van der Waals surface area contributed by atoms with E-state index in [1.54, 1.807) is 20.8 Å². The molecule has 0 N–H and O–H groups in total. The molecule has 2 aliphatic rings. The molecule has 2 aliphatic heterocycles. The van der Waals surface area contributed by atoms with Crippen LogP contribution in [-0.2, 0) is 19.6 Å². The van der Waals surface area contributed by atoms with Crippen molar-refractivity contribution in [2.45, 2.75) is 44.5 Å². The standard InChI is InChI=1S/C13H23NO6S.Na/c1-12(2,3)20-11(15)14-8-10(21(16,17)18)13(9-14)4-6-19-7-5-13;/h10H,4-9H2,1-3H3,(H,16,17,18);/q;+1/p-1. The molecule has 2 fully saturated rings. The smallest absolute Gasteiger partial charge is 0.748 e. The Morgan fingerprint density at radius 1 is 1.32 bits per heavy atom. The van der Waals surface area contributed by atoms with E-state index in [9.17, 15) is 17.8 Å². The molecule has 1 unspecified atom stereocenters. The zero-order valence-electron chi connectivity index (χ0n) is 13.6.